The number of unbranched alkanes of at least 4 members (excludes halogenated alkanes) is 11. The smallest absolute Gasteiger partial charge is 0.331 e. The van der Waals surface area contributed by atoms with Crippen molar-refractivity contribution in [3.63, 3.8) is 0 Å². The number of aliphatic hydroxyl groups excluding tert-OH is 1. The lowest BCUT2D eigenvalue weighted by Crippen LogP contribution is -1.92. The van der Waals surface area contributed by atoms with E-state index in [4.69, 9.17) is 5.11 Å². The third-order valence-corrected chi connectivity index (χ3v) is 3.58. The third-order valence-electron chi connectivity index (χ3n) is 3.58. The van der Waals surface area contributed by atoms with Crippen molar-refractivity contribution in [1.82, 2.24) is 0 Å². The molecule has 0 aliphatic heterocycles. The maximum atomic E-state index is 10.3. The van der Waals surface area contributed by atoms with Crippen molar-refractivity contribution in [2.24, 2.45) is 0 Å². The van der Waals surface area contributed by atoms with Crippen LogP contribution in [0.25, 0.3) is 0 Å². The molecule has 0 spiro atoms. The maximum absolute atomic E-state index is 10.3. The molecule has 0 radical (unpaired) electrons. The Morgan fingerprint density at radius 1 is 0.750 bits per heavy atom. The Labute approximate surface area is 124 Å². The molecule has 0 aromatic heterocycles. The van der Waals surface area contributed by atoms with Gasteiger partial charge in [0.1, 0.15) is 0 Å². The van der Waals surface area contributed by atoms with E-state index in [9.17, 15) is 9.90 Å². The second-order valence-electron chi connectivity index (χ2n) is 5.61. The normalized spacial score (nSPS) is 11.8. The van der Waals surface area contributed by atoms with Crippen LogP contribution in [0.3, 0.4) is 0 Å². The summed E-state index contributed by atoms with van der Waals surface area (Å²) < 4.78 is 0. The topological polar surface area (TPSA) is 57.5 Å². The Hall–Kier alpha value is -0.990. The molecule has 0 atom stereocenters. The molecule has 20 heavy (non-hydrogen) atoms. The monoisotopic (exact) mass is 284 g/mol. The van der Waals surface area contributed by atoms with Crippen molar-refractivity contribution < 1.29 is 15.0 Å². The quantitative estimate of drug-likeness (QED) is 0.248. The van der Waals surface area contributed by atoms with Gasteiger partial charge < -0.3 is 10.2 Å². The number of aliphatic hydroxyl groups is 1. The van der Waals surface area contributed by atoms with Gasteiger partial charge in [-0.15, -0.1) is 0 Å². The molecular formula is C17H32O3. The van der Waals surface area contributed by atoms with E-state index in [1.807, 2.05) is 0 Å². The summed E-state index contributed by atoms with van der Waals surface area (Å²) in [7, 11) is 0. The van der Waals surface area contributed by atoms with E-state index in [0.29, 0.717) is 6.42 Å². The Morgan fingerprint density at radius 3 is 1.55 bits per heavy atom. The summed E-state index contributed by atoms with van der Waals surface area (Å²) in [6, 6.07) is 0. The van der Waals surface area contributed by atoms with Crippen LogP contribution >= 0.6 is 0 Å². The first-order chi connectivity index (χ1) is 9.66. The zero-order valence-corrected chi connectivity index (χ0v) is 13.1. The summed E-state index contributed by atoms with van der Waals surface area (Å²) in [4.78, 5) is 10.3. The molecule has 0 unspecified atom stereocenters. The number of carboxylic acid groups (broad SMARTS) is 1. The maximum Gasteiger partial charge on any atom is 0.331 e. The lowest BCUT2D eigenvalue weighted by molar-refractivity contribution is -0.131. The van der Waals surface area contributed by atoms with Crippen LogP contribution in [-0.4, -0.2) is 16.2 Å². The number of hydrogen-bond acceptors (Lipinski definition) is 2. The highest BCUT2D eigenvalue weighted by molar-refractivity contribution is 5.80. The highest BCUT2D eigenvalue weighted by Gasteiger charge is 1.98. The van der Waals surface area contributed by atoms with Crippen molar-refractivity contribution in [1.29, 1.82) is 0 Å². The Balaban J connectivity index is 3.15. The van der Waals surface area contributed by atoms with Gasteiger partial charge in [0.05, 0.1) is 11.8 Å². The number of carbonyl (C=O) groups is 1. The highest BCUT2D eigenvalue weighted by atomic mass is 16.4. The molecule has 0 aromatic carbocycles. The second-order valence-corrected chi connectivity index (χ2v) is 5.61. The predicted octanol–water partition coefficient (Wildman–Crippen LogP) is 5.60. The minimum atomic E-state index is -1.07. The minimum absolute atomic E-state index is 0.00965. The van der Waals surface area contributed by atoms with Crippen LogP contribution in [0.15, 0.2) is 11.8 Å². The van der Waals surface area contributed by atoms with E-state index in [-0.39, 0.29) is 5.76 Å². The standard InChI is InChI=1S/C17H32O3/c1-2-3-4-5-6-7-8-9-10-11-12-13-14-16(18)15-17(19)20/h15,18H,2-14H2,1H3,(H,19,20). The molecule has 0 saturated heterocycles. The van der Waals surface area contributed by atoms with Gasteiger partial charge in [-0.3, -0.25) is 0 Å². The molecule has 0 amide bonds. The molecule has 118 valence electrons. The lowest BCUT2D eigenvalue weighted by atomic mass is 10.0. The first-order valence-electron chi connectivity index (χ1n) is 8.29. The Morgan fingerprint density at radius 2 is 1.15 bits per heavy atom. The highest BCUT2D eigenvalue weighted by Crippen LogP contribution is 2.13. The lowest BCUT2D eigenvalue weighted by Gasteiger charge is -2.03. The summed E-state index contributed by atoms with van der Waals surface area (Å²) in [5, 5.41) is 17.7. The Bertz CT molecular complexity index is 259. The molecule has 0 aliphatic rings. The van der Waals surface area contributed by atoms with E-state index in [1.54, 1.807) is 0 Å². The summed E-state index contributed by atoms with van der Waals surface area (Å²) in [5.41, 5.74) is 0. The van der Waals surface area contributed by atoms with Gasteiger partial charge in [-0.05, 0) is 6.42 Å². The van der Waals surface area contributed by atoms with E-state index in [0.717, 1.165) is 18.9 Å². The van der Waals surface area contributed by atoms with E-state index >= 15 is 0 Å². The summed E-state index contributed by atoms with van der Waals surface area (Å²) >= 11 is 0. The molecule has 0 saturated carbocycles. The zero-order chi connectivity index (χ0) is 15.1. The van der Waals surface area contributed by atoms with Gasteiger partial charge in [-0.25, -0.2) is 4.79 Å². The first-order valence-corrected chi connectivity index (χ1v) is 8.29. The number of carboxylic acids is 1. The van der Waals surface area contributed by atoms with Gasteiger partial charge >= 0.3 is 5.97 Å². The number of allylic oxidation sites excluding steroid dienone is 1. The SMILES string of the molecule is CCCCCCCCCCCCCCC(O)=CC(=O)O. The fourth-order valence-corrected chi connectivity index (χ4v) is 2.36. The largest absolute Gasteiger partial charge is 0.512 e. The molecule has 0 heterocycles. The first kappa shape index (κ1) is 19.0. The summed E-state index contributed by atoms with van der Waals surface area (Å²) in [6.45, 7) is 2.25. The zero-order valence-electron chi connectivity index (χ0n) is 13.1. The van der Waals surface area contributed by atoms with Gasteiger partial charge in [-0.1, -0.05) is 77.6 Å². The van der Waals surface area contributed by atoms with Crippen LogP contribution in [0.2, 0.25) is 0 Å². The average Bonchev–Trinajstić information content (AvgIpc) is 2.39. The van der Waals surface area contributed by atoms with Crippen molar-refractivity contribution in [3.8, 4) is 0 Å². The number of aliphatic carboxylic acids is 1. The van der Waals surface area contributed by atoms with Crippen LogP contribution in [0.1, 0.15) is 90.4 Å². The van der Waals surface area contributed by atoms with Crippen molar-refractivity contribution in [3.05, 3.63) is 11.8 Å². The molecular weight excluding hydrogens is 252 g/mol. The second kappa shape index (κ2) is 14.4. The van der Waals surface area contributed by atoms with E-state index in [1.165, 1.54) is 64.2 Å². The average molecular weight is 284 g/mol. The molecule has 2 N–H and O–H groups in total. The van der Waals surface area contributed by atoms with Gasteiger partial charge in [0, 0.05) is 6.42 Å². The molecule has 3 nitrogen and oxygen atoms in total. The van der Waals surface area contributed by atoms with Crippen LogP contribution < -0.4 is 0 Å². The minimum Gasteiger partial charge on any atom is -0.512 e. The predicted molar refractivity (Wildman–Crippen MR) is 84.0 cm³/mol. The molecule has 0 aliphatic carbocycles. The van der Waals surface area contributed by atoms with Crippen molar-refractivity contribution >= 4 is 5.97 Å². The molecule has 0 bridgehead atoms. The number of rotatable bonds is 14. The van der Waals surface area contributed by atoms with Gasteiger partial charge in [0.25, 0.3) is 0 Å². The van der Waals surface area contributed by atoms with Crippen LogP contribution in [0.5, 0.6) is 0 Å². The molecule has 0 aromatic rings. The van der Waals surface area contributed by atoms with Gasteiger partial charge in [-0.2, -0.15) is 0 Å². The Kier molecular flexibility index (Phi) is 13.7. The molecule has 0 rings (SSSR count). The van der Waals surface area contributed by atoms with Crippen molar-refractivity contribution in [2.75, 3.05) is 0 Å². The van der Waals surface area contributed by atoms with Crippen molar-refractivity contribution in [2.45, 2.75) is 90.4 Å². The van der Waals surface area contributed by atoms with Gasteiger partial charge in [0.15, 0.2) is 0 Å². The summed E-state index contributed by atoms with van der Waals surface area (Å²) in [6.07, 6.45) is 16.7. The number of hydrogen-bond donors (Lipinski definition) is 2. The fourth-order valence-electron chi connectivity index (χ4n) is 2.36. The van der Waals surface area contributed by atoms with E-state index < -0.39 is 5.97 Å². The third kappa shape index (κ3) is 15.1. The van der Waals surface area contributed by atoms with Crippen LogP contribution in [0.4, 0.5) is 0 Å². The van der Waals surface area contributed by atoms with E-state index in [2.05, 4.69) is 6.92 Å². The molecule has 3 heteroatoms. The van der Waals surface area contributed by atoms with Gasteiger partial charge in [0.2, 0.25) is 0 Å². The molecule has 0 fully saturated rings. The summed E-state index contributed by atoms with van der Waals surface area (Å²) in [5.74, 6) is -1.08. The fraction of sp³-hybridized carbons (Fsp3) is 0.824. The van der Waals surface area contributed by atoms with Crippen LogP contribution in [0, 0.1) is 0 Å². The van der Waals surface area contributed by atoms with Crippen LogP contribution in [-0.2, 0) is 4.79 Å².